The number of amides is 2. The Labute approximate surface area is 162 Å². The van der Waals surface area contributed by atoms with Crippen LogP contribution in [0.1, 0.15) is 18.4 Å². The molecule has 1 saturated heterocycles. The second-order valence-electron chi connectivity index (χ2n) is 6.09. The van der Waals surface area contributed by atoms with Gasteiger partial charge in [0.05, 0.1) is 22.8 Å². The quantitative estimate of drug-likeness (QED) is 0.713. The van der Waals surface area contributed by atoms with Crippen LogP contribution < -0.4 is 0 Å². The number of rotatable bonds is 6. The molecule has 0 spiro atoms. The summed E-state index contributed by atoms with van der Waals surface area (Å²) < 4.78 is 0. The number of aliphatic hydroxyl groups excluding tert-OH is 2. The van der Waals surface area contributed by atoms with Gasteiger partial charge in [-0.3, -0.25) is 9.59 Å². The molecule has 1 aliphatic rings. The molecule has 0 bridgehead atoms. The van der Waals surface area contributed by atoms with Crippen LogP contribution in [0.5, 0.6) is 0 Å². The zero-order chi connectivity index (χ0) is 19.1. The minimum Gasteiger partial charge on any atom is -0.394 e. The summed E-state index contributed by atoms with van der Waals surface area (Å²) >= 11 is 11.8. The summed E-state index contributed by atoms with van der Waals surface area (Å²) in [7, 11) is 0. The zero-order valence-corrected chi connectivity index (χ0v) is 15.8. The van der Waals surface area contributed by atoms with Gasteiger partial charge in [-0.05, 0) is 30.2 Å². The summed E-state index contributed by atoms with van der Waals surface area (Å²) in [6.45, 7) is 1.21. The molecule has 1 aliphatic heterocycles. The van der Waals surface area contributed by atoms with E-state index in [0.717, 1.165) is 5.56 Å². The maximum absolute atomic E-state index is 12.4. The minimum absolute atomic E-state index is 0.0566. The van der Waals surface area contributed by atoms with Gasteiger partial charge in [0.2, 0.25) is 11.8 Å². The number of hydrogen-bond donors (Lipinski definition) is 2. The lowest BCUT2D eigenvalue weighted by Gasteiger charge is -2.22. The first-order valence-corrected chi connectivity index (χ1v) is 9.15. The average molecular weight is 401 g/mol. The van der Waals surface area contributed by atoms with E-state index in [2.05, 4.69) is 0 Å². The van der Waals surface area contributed by atoms with E-state index in [0.29, 0.717) is 42.6 Å². The molecule has 2 rings (SSSR count). The van der Waals surface area contributed by atoms with Crippen molar-refractivity contribution in [2.45, 2.75) is 18.9 Å². The molecule has 0 aliphatic carbocycles. The highest BCUT2D eigenvalue weighted by molar-refractivity contribution is 6.42. The first-order valence-electron chi connectivity index (χ1n) is 8.39. The van der Waals surface area contributed by atoms with Gasteiger partial charge in [-0.1, -0.05) is 29.3 Å². The fourth-order valence-electron chi connectivity index (χ4n) is 2.61. The van der Waals surface area contributed by atoms with Crippen LogP contribution in [0.3, 0.4) is 0 Å². The number of hydrogen-bond acceptors (Lipinski definition) is 4. The Bertz CT molecular complexity index is 681. The molecule has 2 N–H and O–H groups in total. The first-order chi connectivity index (χ1) is 12.4. The zero-order valence-electron chi connectivity index (χ0n) is 14.3. The SMILES string of the molecule is O=C(C=Cc1ccc(Cl)c(Cl)c1)N1CCC(=O)N(CC[C@@H](O)CO)CC1. The van der Waals surface area contributed by atoms with Crippen molar-refractivity contribution in [3.63, 3.8) is 0 Å². The summed E-state index contributed by atoms with van der Waals surface area (Å²) in [5.41, 5.74) is 0.762. The topological polar surface area (TPSA) is 81.1 Å². The van der Waals surface area contributed by atoms with Gasteiger partial charge in [0.25, 0.3) is 0 Å². The molecule has 1 aromatic carbocycles. The van der Waals surface area contributed by atoms with Crippen molar-refractivity contribution in [3.8, 4) is 0 Å². The molecule has 1 aromatic rings. The lowest BCUT2D eigenvalue weighted by Crippen LogP contribution is -2.36. The minimum atomic E-state index is -0.835. The number of halogens is 2. The van der Waals surface area contributed by atoms with Crippen molar-refractivity contribution < 1.29 is 19.8 Å². The number of carbonyl (C=O) groups excluding carboxylic acids is 2. The standard InChI is InChI=1S/C18H22Cl2N2O4/c19-15-3-1-13(11-16(15)20)2-4-17(25)22-8-6-18(26)21(9-10-22)7-5-14(24)12-23/h1-4,11,14,23-24H,5-10,12H2/t14-/m1/s1. The average Bonchev–Trinajstić information content (AvgIpc) is 2.82. The molecule has 8 heteroatoms. The van der Waals surface area contributed by atoms with Crippen LogP contribution in [0.25, 0.3) is 6.08 Å². The molecule has 142 valence electrons. The predicted octanol–water partition coefficient (Wildman–Crippen LogP) is 1.81. The summed E-state index contributed by atoms with van der Waals surface area (Å²) in [4.78, 5) is 27.7. The van der Waals surface area contributed by atoms with E-state index >= 15 is 0 Å². The Kier molecular flexibility index (Phi) is 7.90. The highest BCUT2D eigenvalue weighted by atomic mass is 35.5. The van der Waals surface area contributed by atoms with Gasteiger partial charge in [-0.25, -0.2) is 0 Å². The molecule has 1 heterocycles. The maximum atomic E-state index is 12.4. The van der Waals surface area contributed by atoms with Crippen molar-refractivity contribution in [2.75, 3.05) is 32.8 Å². The first kappa shape index (κ1) is 20.7. The molecule has 1 fully saturated rings. The lowest BCUT2D eigenvalue weighted by molar-refractivity contribution is -0.130. The Hall–Kier alpha value is -1.60. The van der Waals surface area contributed by atoms with E-state index in [4.69, 9.17) is 28.3 Å². The fourth-order valence-corrected chi connectivity index (χ4v) is 2.92. The monoisotopic (exact) mass is 400 g/mol. The van der Waals surface area contributed by atoms with Gasteiger partial charge in [-0.2, -0.15) is 0 Å². The third-order valence-corrected chi connectivity index (χ3v) is 4.94. The van der Waals surface area contributed by atoms with Crippen molar-refractivity contribution in [3.05, 3.63) is 39.9 Å². The van der Waals surface area contributed by atoms with Crippen LogP contribution in [0.4, 0.5) is 0 Å². The second kappa shape index (κ2) is 9.92. The molecule has 0 saturated carbocycles. The summed E-state index contributed by atoms with van der Waals surface area (Å²) in [6, 6.07) is 5.10. The molecule has 0 aromatic heterocycles. The third-order valence-electron chi connectivity index (χ3n) is 4.20. The Morgan fingerprint density at radius 2 is 2.00 bits per heavy atom. The molecule has 0 unspecified atom stereocenters. The van der Waals surface area contributed by atoms with E-state index in [-0.39, 0.29) is 24.8 Å². The van der Waals surface area contributed by atoms with Crippen molar-refractivity contribution >= 4 is 41.1 Å². The van der Waals surface area contributed by atoms with Crippen LogP contribution in [0.2, 0.25) is 10.0 Å². The molecule has 2 amide bonds. The number of benzene rings is 1. The van der Waals surface area contributed by atoms with E-state index in [1.807, 2.05) is 0 Å². The summed E-state index contributed by atoms with van der Waals surface area (Å²) in [5.74, 6) is -0.236. The van der Waals surface area contributed by atoms with Crippen LogP contribution in [0.15, 0.2) is 24.3 Å². The molecular formula is C18H22Cl2N2O4. The normalized spacial score (nSPS) is 16.8. The van der Waals surface area contributed by atoms with E-state index in [9.17, 15) is 14.7 Å². The Balaban J connectivity index is 1.92. The molecular weight excluding hydrogens is 379 g/mol. The number of aliphatic hydroxyl groups is 2. The molecule has 0 radical (unpaired) electrons. The smallest absolute Gasteiger partial charge is 0.246 e. The number of nitrogens with zero attached hydrogens (tertiary/aromatic N) is 2. The second-order valence-corrected chi connectivity index (χ2v) is 6.90. The predicted molar refractivity (Wildman–Crippen MR) is 101 cm³/mol. The Morgan fingerprint density at radius 3 is 2.69 bits per heavy atom. The summed E-state index contributed by atoms with van der Waals surface area (Å²) in [5, 5.41) is 19.1. The van der Waals surface area contributed by atoms with Crippen LogP contribution >= 0.6 is 23.2 Å². The molecule has 26 heavy (non-hydrogen) atoms. The van der Waals surface area contributed by atoms with Crippen LogP contribution in [-0.4, -0.2) is 70.7 Å². The summed E-state index contributed by atoms with van der Waals surface area (Å²) in [6.07, 6.45) is 2.83. The van der Waals surface area contributed by atoms with Gasteiger partial charge in [0, 0.05) is 38.7 Å². The molecule has 6 nitrogen and oxygen atoms in total. The lowest BCUT2D eigenvalue weighted by atomic mass is 10.2. The fraction of sp³-hybridized carbons (Fsp3) is 0.444. The van der Waals surface area contributed by atoms with Gasteiger partial charge in [-0.15, -0.1) is 0 Å². The van der Waals surface area contributed by atoms with Crippen LogP contribution in [0, 0.1) is 0 Å². The van der Waals surface area contributed by atoms with Gasteiger partial charge < -0.3 is 20.0 Å². The molecule has 1 atom stereocenters. The maximum Gasteiger partial charge on any atom is 0.246 e. The van der Waals surface area contributed by atoms with E-state index in [1.165, 1.54) is 6.08 Å². The highest BCUT2D eigenvalue weighted by Gasteiger charge is 2.23. The van der Waals surface area contributed by atoms with Gasteiger partial charge >= 0.3 is 0 Å². The van der Waals surface area contributed by atoms with Crippen molar-refractivity contribution in [1.82, 2.24) is 9.80 Å². The van der Waals surface area contributed by atoms with Crippen molar-refractivity contribution in [2.24, 2.45) is 0 Å². The van der Waals surface area contributed by atoms with E-state index < -0.39 is 6.10 Å². The third kappa shape index (κ3) is 5.99. The number of carbonyl (C=O) groups is 2. The van der Waals surface area contributed by atoms with Gasteiger partial charge in [0.1, 0.15) is 0 Å². The van der Waals surface area contributed by atoms with Gasteiger partial charge in [0.15, 0.2) is 0 Å². The highest BCUT2D eigenvalue weighted by Crippen LogP contribution is 2.23. The Morgan fingerprint density at radius 1 is 1.23 bits per heavy atom. The largest absolute Gasteiger partial charge is 0.394 e. The van der Waals surface area contributed by atoms with Crippen molar-refractivity contribution in [1.29, 1.82) is 0 Å². The van der Waals surface area contributed by atoms with E-state index in [1.54, 1.807) is 34.1 Å². The van der Waals surface area contributed by atoms with Crippen LogP contribution in [-0.2, 0) is 9.59 Å².